The molecule has 3 rings (SSSR count). The van der Waals surface area contributed by atoms with E-state index in [2.05, 4.69) is 11.2 Å². The summed E-state index contributed by atoms with van der Waals surface area (Å²) in [6, 6.07) is 2.06. The molecule has 2 fully saturated rings. The zero-order chi connectivity index (χ0) is 9.05. The third-order valence-corrected chi connectivity index (χ3v) is 3.83. The molecule has 2 saturated carbocycles. The first kappa shape index (κ1) is 7.42. The highest BCUT2D eigenvalue weighted by atomic mass is 15.3. The summed E-state index contributed by atoms with van der Waals surface area (Å²) in [7, 11) is 1.92. The quantitative estimate of drug-likeness (QED) is 0.705. The van der Waals surface area contributed by atoms with Crippen LogP contribution in [0.3, 0.4) is 0 Å². The summed E-state index contributed by atoms with van der Waals surface area (Å²) in [4.78, 5) is 0. The Morgan fingerprint density at radius 2 is 2.54 bits per heavy atom. The van der Waals surface area contributed by atoms with Crippen molar-refractivity contribution in [2.75, 3.05) is 5.73 Å². The molecule has 0 spiro atoms. The van der Waals surface area contributed by atoms with Gasteiger partial charge in [-0.25, -0.2) is 0 Å². The average Bonchev–Trinajstić information content (AvgIpc) is 2.48. The van der Waals surface area contributed by atoms with Crippen LogP contribution in [0.15, 0.2) is 6.07 Å². The van der Waals surface area contributed by atoms with Gasteiger partial charge in [-0.1, -0.05) is 6.42 Å². The predicted molar refractivity (Wildman–Crippen MR) is 51.3 cm³/mol. The Morgan fingerprint density at radius 1 is 1.69 bits per heavy atom. The molecule has 0 aromatic carbocycles. The molecule has 2 N–H and O–H groups in total. The van der Waals surface area contributed by atoms with Crippen molar-refractivity contribution in [3.8, 4) is 0 Å². The van der Waals surface area contributed by atoms with E-state index in [-0.39, 0.29) is 0 Å². The molecule has 1 aromatic rings. The van der Waals surface area contributed by atoms with Crippen LogP contribution < -0.4 is 5.73 Å². The van der Waals surface area contributed by atoms with Gasteiger partial charge in [-0.3, -0.25) is 4.68 Å². The van der Waals surface area contributed by atoms with Crippen LogP contribution in [0.5, 0.6) is 0 Å². The summed E-state index contributed by atoms with van der Waals surface area (Å²) in [6.45, 7) is 0. The highest BCUT2D eigenvalue weighted by Crippen LogP contribution is 2.64. The van der Waals surface area contributed by atoms with Crippen LogP contribution in [0.2, 0.25) is 0 Å². The van der Waals surface area contributed by atoms with Gasteiger partial charge in [0.2, 0.25) is 0 Å². The molecule has 2 aliphatic carbocycles. The van der Waals surface area contributed by atoms with Crippen LogP contribution >= 0.6 is 0 Å². The van der Waals surface area contributed by atoms with Crippen LogP contribution in [0.1, 0.15) is 31.4 Å². The molecule has 0 unspecified atom stereocenters. The minimum absolute atomic E-state index is 0.454. The number of anilines is 1. The van der Waals surface area contributed by atoms with Crippen LogP contribution in [0.25, 0.3) is 0 Å². The van der Waals surface area contributed by atoms with E-state index in [0.29, 0.717) is 5.41 Å². The molecule has 3 nitrogen and oxygen atoms in total. The van der Waals surface area contributed by atoms with Gasteiger partial charge in [0.1, 0.15) is 5.82 Å². The van der Waals surface area contributed by atoms with Gasteiger partial charge < -0.3 is 5.73 Å². The number of nitrogens with zero attached hydrogens (tertiary/aromatic N) is 2. The van der Waals surface area contributed by atoms with Crippen molar-refractivity contribution in [1.29, 1.82) is 0 Å². The lowest BCUT2D eigenvalue weighted by molar-refractivity contribution is 0.613. The van der Waals surface area contributed by atoms with Gasteiger partial charge in [0.05, 0.1) is 5.69 Å². The number of hydrogen-bond donors (Lipinski definition) is 1. The fourth-order valence-electron chi connectivity index (χ4n) is 2.90. The molecule has 0 bridgehead atoms. The Balaban J connectivity index is 2.01. The maximum absolute atomic E-state index is 5.79. The first-order valence-corrected chi connectivity index (χ1v) is 5.02. The van der Waals surface area contributed by atoms with Crippen LogP contribution in [-0.2, 0) is 12.5 Å². The van der Waals surface area contributed by atoms with Gasteiger partial charge >= 0.3 is 0 Å². The van der Waals surface area contributed by atoms with Crippen LogP contribution in [0, 0.1) is 5.92 Å². The third-order valence-electron chi connectivity index (χ3n) is 3.83. The van der Waals surface area contributed by atoms with Gasteiger partial charge in [-0.2, -0.15) is 5.10 Å². The minimum atomic E-state index is 0.454. The predicted octanol–water partition coefficient (Wildman–Crippen LogP) is 1.44. The van der Waals surface area contributed by atoms with E-state index in [1.165, 1.54) is 31.4 Å². The van der Waals surface area contributed by atoms with Gasteiger partial charge in [0, 0.05) is 18.5 Å². The number of rotatable bonds is 1. The summed E-state index contributed by atoms with van der Waals surface area (Å²) in [5.41, 5.74) is 7.49. The normalized spacial score (nSPS) is 36.2. The molecule has 3 heteroatoms. The summed E-state index contributed by atoms with van der Waals surface area (Å²) in [6.07, 6.45) is 5.45. The first-order valence-electron chi connectivity index (χ1n) is 5.02. The molecule has 0 aliphatic heterocycles. The standard InChI is InChI=1S/C10H15N3/c1-13-9(11)5-8(12-13)10-4-2-3-7(10)6-10/h5,7H,2-4,6,11H2,1H3/t7-,10-/m1/s1. The second-order valence-electron chi connectivity index (χ2n) is 4.53. The Hall–Kier alpha value is -0.990. The Bertz CT molecular complexity index is 336. The van der Waals surface area contributed by atoms with Gasteiger partial charge in [-0.15, -0.1) is 0 Å². The molecule has 2 atom stereocenters. The molecule has 0 amide bonds. The second-order valence-corrected chi connectivity index (χ2v) is 4.53. The van der Waals surface area contributed by atoms with E-state index in [4.69, 9.17) is 5.73 Å². The summed E-state index contributed by atoms with van der Waals surface area (Å²) in [5, 5.41) is 4.50. The van der Waals surface area contributed by atoms with Crippen molar-refractivity contribution in [2.45, 2.75) is 31.1 Å². The lowest BCUT2D eigenvalue weighted by Gasteiger charge is -2.06. The average molecular weight is 177 g/mol. The number of nitrogen functional groups attached to an aromatic ring is 1. The van der Waals surface area contributed by atoms with E-state index in [1.807, 2.05) is 7.05 Å². The molecule has 0 radical (unpaired) electrons. The van der Waals surface area contributed by atoms with Crippen molar-refractivity contribution < 1.29 is 0 Å². The fourth-order valence-corrected chi connectivity index (χ4v) is 2.90. The SMILES string of the molecule is Cn1nc([C@@]23CCC[C@@H]2C3)cc1N. The Morgan fingerprint density at radius 3 is 3.00 bits per heavy atom. The number of fused-ring (bicyclic) bond motifs is 1. The van der Waals surface area contributed by atoms with E-state index in [9.17, 15) is 0 Å². The highest BCUT2D eigenvalue weighted by molar-refractivity contribution is 5.39. The van der Waals surface area contributed by atoms with Crippen molar-refractivity contribution in [3.63, 3.8) is 0 Å². The maximum Gasteiger partial charge on any atom is 0.121 e. The van der Waals surface area contributed by atoms with Crippen molar-refractivity contribution in [1.82, 2.24) is 9.78 Å². The second kappa shape index (κ2) is 2.08. The minimum Gasteiger partial charge on any atom is -0.384 e. The summed E-state index contributed by atoms with van der Waals surface area (Å²) < 4.78 is 1.79. The first-order chi connectivity index (χ1) is 6.22. The van der Waals surface area contributed by atoms with Crippen molar-refractivity contribution in [2.24, 2.45) is 13.0 Å². The van der Waals surface area contributed by atoms with Crippen LogP contribution in [0.4, 0.5) is 5.82 Å². The van der Waals surface area contributed by atoms with Crippen LogP contribution in [-0.4, -0.2) is 9.78 Å². The number of nitrogens with two attached hydrogens (primary N) is 1. The Kier molecular flexibility index (Phi) is 1.19. The van der Waals surface area contributed by atoms with Gasteiger partial charge in [0.15, 0.2) is 0 Å². The summed E-state index contributed by atoms with van der Waals surface area (Å²) >= 11 is 0. The monoisotopic (exact) mass is 177 g/mol. The molecule has 13 heavy (non-hydrogen) atoms. The van der Waals surface area contributed by atoms with E-state index in [0.717, 1.165) is 11.7 Å². The van der Waals surface area contributed by atoms with E-state index < -0.39 is 0 Å². The molecular formula is C10H15N3. The maximum atomic E-state index is 5.79. The zero-order valence-corrected chi connectivity index (χ0v) is 7.95. The third kappa shape index (κ3) is 0.820. The highest BCUT2D eigenvalue weighted by Gasteiger charge is 2.59. The number of aromatic nitrogens is 2. The Labute approximate surface area is 77.9 Å². The van der Waals surface area contributed by atoms with Gasteiger partial charge in [-0.05, 0) is 25.2 Å². The molecule has 1 aromatic heterocycles. The van der Waals surface area contributed by atoms with E-state index in [1.54, 1.807) is 4.68 Å². The molecular weight excluding hydrogens is 162 g/mol. The molecule has 2 aliphatic rings. The van der Waals surface area contributed by atoms with Gasteiger partial charge in [0.25, 0.3) is 0 Å². The molecule has 0 saturated heterocycles. The zero-order valence-electron chi connectivity index (χ0n) is 7.95. The number of hydrogen-bond acceptors (Lipinski definition) is 2. The van der Waals surface area contributed by atoms with Crippen molar-refractivity contribution in [3.05, 3.63) is 11.8 Å². The largest absolute Gasteiger partial charge is 0.384 e. The lowest BCUT2D eigenvalue weighted by Crippen LogP contribution is -2.06. The van der Waals surface area contributed by atoms with Crippen molar-refractivity contribution >= 4 is 5.82 Å². The molecule has 70 valence electrons. The van der Waals surface area contributed by atoms with E-state index >= 15 is 0 Å². The molecule has 1 heterocycles. The fraction of sp³-hybridized carbons (Fsp3) is 0.700. The smallest absolute Gasteiger partial charge is 0.121 e. The number of aryl methyl sites for hydroxylation is 1. The summed E-state index contributed by atoms with van der Waals surface area (Å²) in [5.74, 6) is 1.71. The topological polar surface area (TPSA) is 43.8 Å². The lowest BCUT2D eigenvalue weighted by atomic mass is 10.00.